The van der Waals surface area contributed by atoms with E-state index in [9.17, 15) is 31.0 Å². The van der Waals surface area contributed by atoms with Gasteiger partial charge < -0.3 is 10.2 Å². The van der Waals surface area contributed by atoms with Crippen molar-refractivity contribution in [2.75, 3.05) is 29.6 Å². The molecule has 1 aliphatic heterocycles. The maximum absolute atomic E-state index is 13.6. The lowest BCUT2D eigenvalue weighted by Crippen LogP contribution is -2.40. The monoisotopic (exact) mass is 496 g/mol. The molecule has 0 saturated carbocycles. The summed E-state index contributed by atoms with van der Waals surface area (Å²) in [6.07, 6.45) is -3.59. The lowest BCUT2D eigenvalue weighted by atomic mass is 10.0. The quantitative estimate of drug-likeness (QED) is 0.564. The highest BCUT2D eigenvalue weighted by Crippen LogP contribution is 2.40. The van der Waals surface area contributed by atoms with Crippen molar-refractivity contribution in [3.63, 3.8) is 0 Å². The molecule has 174 valence electrons. The molecule has 2 aromatic rings. The molecule has 13 heteroatoms. The molecule has 1 aromatic heterocycles. The molecule has 0 unspecified atom stereocenters. The minimum Gasteiger partial charge on any atom is -0.370 e. The number of pyridine rings is 1. The summed E-state index contributed by atoms with van der Waals surface area (Å²) in [4.78, 5) is 18.0. The summed E-state index contributed by atoms with van der Waals surface area (Å²) >= 11 is 5.79. The summed E-state index contributed by atoms with van der Waals surface area (Å²) in [7, 11) is -3.18. The third-order valence-electron chi connectivity index (χ3n) is 4.86. The Morgan fingerprint density at radius 2 is 1.88 bits per heavy atom. The minimum atomic E-state index is -4.81. The van der Waals surface area contributed by atoms with E-state index < -0.39 is 51.2 Å². The zero-order valence-corrected chi connectivity index (χ0v) is 18.2. The van der Waals surface area contributed by atoms with E-state index in [2.05, 4.69) is 10.3 Å². The first-order valence-electron chi connectivity index (χ1n) is 9.22. The van der Waals surface area contributed by atoms with Crippen LogP contribution in [0.5, 0.6) is 0 Å². The second-order valence-corrected chi connectivity index (χ2v) is 9.88. The van der Waals surface area contributed by atoms with Gasteiger partial charge in [-0.15, -0.1) is 0 Å². The Hall–Kier alpha value is -2.47. The van der Waals surface area contributed by atoms with Crippen molar-refractivity contribution in [3.05, 3.63) is 46.6 Å². The molecule has 1 amide bonds. The van der Waals surface area contributed by atoms with E-state index in [4.69, 9.17) is 16.4 Å². The second kappa shape index (κ2) is 8.47. The standard InChI is InChI=1S/C19H18ClF5N4O2S/c1-32(26,31)16-8-11(2-5-27-16)28-17(30)12-9-14(20)13(19(23,24)25)10-15(12)29-6-3-18(21,22)4-7-29/h2,5,8-10,26H,3-4,6-7H2,1H3,(H,27,28,30)/t32-/m1/s1. The molecule has 1 aromatic carbocycles. The van der Waals surface area contributed by atoms with Crippen LogP contribution in [0.25, 0.3) is 0 Å². The number of nitrogens with zero attached hydrogens (tertiary/aromatic N) is 2. The van der Waals surface area contributed by atoms with Crippen molar-refractivity contribution in [1.82, 2.24) is 4.98 Å². The number of amides is 1. The van der Waals surface area contributed by atoms with Gasteiger partial charge in [0, 0.05) is 44.1 Å². The first-order chi connectivity index (χ1) is 14.7. The fourth-order valence-corrected chi connectivity index (χ4v) is 4.08. The van der Waals surface area contributed by atoms with E-state index in [1.807, 2.05) is 0 Å². The Kier molecular flexibility index (Phi) is 6.40. The van der Waals surface area contributed by atoms with Crippen molar-refractivity contribution in [2.45, 2.75) is 30.0 Å². The minimum absolute atomic E-state index is 0.0979. The summed E-state index contributed by atoms with van der Waals surface area (Å²) in [5.41, 5.74) is -1.50. The maximum Gasteiger partial charge on any atom is 0.417 e. The number of aromatic nitrogens is 1. The summed E-state index contributed by atoms with van der Waals surface area (Å²) < 4.78 is 86.7. The fourth-order valence-electron chi connectivity index (χ4n) is 3.20. The van der Waals surface area contributed by atoms with Gasteiger partial charge in [-0.25, -0.2) is 22.8 Å². The molecule has 0 bridgehead atoms. The Labute approximate surface area is 185 Å². The largest absolute Gasteiger partial charge is 0.417 e. The van der Waals surface area contributed by atoms with Crippen molar-refractivity contribution >= 4 is 38.6 Å². The highest BCUT2D eigenvalue weighted by Gasteiger charge is 2.38. The molecule has 1 fully saturated rings. The van der Waals surface area contributed by atoms with E-state index >= 15 is 0 Å². The number of piperidine rings is 1. The Balaban J connectivity index is 2.01. The summed E-state index contributed by atoms with van der Waals surface area (Å²) in [5, 5.41) is 1.64. The normalized spacial score (nSPS) is 18.2. The maximum atomic E-state index is 13.6. The van der Waals surface area contributed by atoms with Crippen LogP contribution in [0.4, 0.5) is 33.3 Å². The molecule has 0 aliphatic carbocycles. The summed E-state index contributed by atoms with van der Waals surface area (Å²) in [6, 6.07) is 4.08. The van der Waals surface area contributed by atoms with Crippen LogP contribution in [0.15, 0.2) is 35.5 Å². The molecule has 6 nitrogen and oxygen atoms in total. The van der Waals surface area contributed by atoms with Crippen LogP contribution in [-0.4, -0.2) is 40.4 Å². The molecule has 1 aliphatic rings. The third-order valence-corrected chi connectivity index (χ3v) is 6.20. The fraction of sp³-hybridized carbons (Fsp3) is 0.368. The number of anilines is 2. The van der Waals surface area contributed by atoms with Gasteiger partial charge in [0.15, 0.2) is 0 Å². The first kappa shape index (κ1) is 24.2. The molecule has 2 heterocycles. The average Bonchev–Trinajstić information content (AvgIpc) is 2.66. The number of rotatable bonds is 4. The third kappa shape index (κ3) is 5.47. The molecular formula is C19H18ClF5N4O2S. The number of benzene rings is 1. The summed E-state index contributed by atoms with van der Waals surface area (Å²) in [6.45, 7) is -0.495. The number of carbonyl (C=O) groups excluding carboxylic acids is 1. The zero-order chi connectivity index (χ0) is 23.9. The van der Waals surface area contributed by atoms with Gasteiger partial charge >= 0.3 is 6.18 Å². The predicted molar refractivity (Wildman–Crippen MR) is 110 cm³/mol. The van der Waals surface area contributed by atoms with Crippen LogP contribution in [-0.2, 0) is 15.9 Å². The van der Waals surface area contributed by atoms with Crippen LogP contribution in [0.3, 0.4) is 0 Å². The molecule has 0 spiro atoms. The first-order valence-corrected chi connectivity index (χ1v) is 11.6. The SMILES string of the molecule is C[S@@](=N)(=O)c1cc(NC(=O)c2cc(Cl)c(C(F)(F)F)cc2N2CCC(F)(F)CC2)ccn1. The number of hydrogen-bond donors (Lipinski definition) is 2. The zero-order valence-electron chi connectivity index (χ0n) is 16.6. The smallest absolute Gasteiger partial charge is 0.370 e. The highest BCUT2D eigenvalue weighted by molar-refractivity contribution is 7.91. The van der Waals surface area contributed by atoms with Crippen LogP contribution >= 0.6 is 11.6 Å². The molecule has 32 heavy (non-hydrogen) atoms. The molecular weight excluding hydrogens is 479 g/mol. The molecule has 0 radical (unpaired) electrons. The van der Waals surface area contributed by atoms with Crippen LogP contribution in [0.1, 0.15) is 28.8 Å². The number of hydrogen-bond acceptors (Lipinski definition) is 5. The number of carbonyl (C=O) groups is 1. The van der Waals surface area contributed by atoms with Gasteiger partial charge in [0.2, 0.25) is 0 Å². The van der Waals surface area contributed by atoms with Gasteiger partial charge in [-0.1, -0.05) is 11.6 Å². The van der Waals surface area contributed by atoms with Crippen molar-refractivity contribution in [3.8, 4) is 0 Å². The summed E-state index contributed by atoms with van der Waals surface area (Å²) in [5.74, 6) is -3.78. The molecule has 1 atom stereocenters. The Morgan fingerprint density at radius 1 is 1.25 bits per heavy atom. The van der Waals surface area contributed by atoms with E-state index in [0.29, 0.717) is 6.07 Å². The van der Waals surface area contributed by atoms with Gasteiger partial charge in [0.05, 0.1) is 31.6 Å². The van der Waals surface area contributed by atoms with Gasteiger partial charge in [0.25, 0.3) is 11.8 Å². The molecule has 1 saturated heterocycles. The van der Waals surface area contributed by atoms with Crippen LogP contribution in [0.2, 0.25) is 5.02 Å². The lowest BCUT2D eigenvalue weighted by molar-refractivity contribution is -0.137. The van der Waals surface area contributed by atoms with Gasteiger partial charge in [-0.05, 0) is 24.3 Å². The second-order valence-electron chi connectivity index (χ2n) is 7.37. The van der Waals surface area contributed by atoms with E-state index in [0.717, 1.165) is 12.3 Å². The lowest BCUT2D eigenvalue weighted by Gasteiger charge is -2.34. The Morgan fingerprint density at radius 3 is 2.44 bits per heavy atom. The number of halogens is 6. The van der Waals surface area contributed by atoms with E-state index in [1.54, 1.807) is 0 Å². The van der Waals surface area contributed by atoms with Gasteiger partial charge in [-0.3, -0.25) is 4.79 Å². The van der Waals surface area contributed by atoms with Crippen LogP contribution < -0.4 is 10.2 Å². The van der Waals surface area contributed by atoms with Crippen molar-refractivity contribution in [2.24, 2.45) is 0 Å². The van der Waals surface area contributed by atoms with Gasteiger partial charge in [-0.2, -0.15) is 13.2 Å². The van der Waals surface area contributed by atoms with Gasteiger partial charge in [0.1, 0.15) is 5.03 Å². The van der Waals surface area contributed by atoms with E-state index in [1.165, 1.54) is 23.2 Å². The predicted octanol–water partition coefficient (Wildman–Crippen LogP) is 5.28. The Bertz CT molecular complexity index is 1140. The van der Waals surface area contributed by atoms with E-state index in [-0.39, 0.29) is 35.1 Å². The number of nitrogens with one attached hydrogen (secondary N) is 2. The number of alkyl halides is 5. The molecule has 3 rings (SSSR count). The molecule has 2 N–H and O–H groups in total. The average molecular weight is 497 g/mol. The van der Waals surface area contributed by atoms with Crippen molar-refractivity contribution in [1.29, 1.82) is 4.78 Å². The highest BCUT2D eigenvalue weighted by atomic mass is 35.5. The topological polar surface area (TPSA) is 86.2 Å². The van der Waals surface area contributed by atoms with Crippen LogP contribution in [0, 0.1) is 4.78 Å². The van der Waals surface area contributed by atoms with Crippen molar-refractivity contribution < 1.29 is 31.0 Å².